The molecule has 0 spiro atoms. The quantitative estimate of drug-likeness (QED) is 0.784. The van der Waals surface area contributed by atoms with Crippen LogP contribution in [-0.2, 0) is 6.42 Å². The van der Waals surface area contributed by atoms with E-state index in [2.05, 4.69) is 6.92 Å². The molecule has 13 heavy (non-hydrogen) atoms. The fourth-order valence-corrected chi connectivity index (χ4v) is 1.90. The van der Waals surface area contributed by atoms with Gasteiger partial charge in [0, 0.05) is 19.0 Å². The largest absolute Gasteiger partial charge is 0.390 e. The SMILES string of the molecule is CCc1cc(C(=O)N(C)C)c(N)s1. The van der Waals surface area contributed by atoms with Gasteiger partial charge >= 0.3 is 0 Å². The van der Waals surface area contributed by atoms with Gasteiger partial charge in [-0.2, -0.15) is 0 Å². The molecule has 0 fully saturated rings. The molecule has 0 unspecified atom stereocenters. The number of nitrogens with zero attached hydrogens (tertiary/aromatic N) is 1. The van der Waals surface area contributed by atoms with Crippen molar-refractivity contribution in [3.8, 4) is 0 Å². The van der Waals surface area contributed by atoms with E-state index < -0.39 is 0 Å². The number of hydrogen-bond donors (Lipinski definition) is 1. The Labute approximate surface area is 82.2 Å². The Bertz CT molecular complexity index is 317. The van der Waals surface area contributed by atoms with Crippen molar-refractivity contribution in [3.63, 3.8) is 0 Å². The van der Waals surface area contributed by atoms with Gasteiger partial charge < -0.3 is 10.6 Å². The van der Waals surface area contributed by atoms with Gasteiger partial charge in [0.2, 0.25) is 0 Å². The molecule has 0 aliphatic heterocycles. The Kier molecular flexibility index (Phi) is 2.93. The van der Waals surface area contributed by atoms with Gasteiger partial charge in [0.25, 0.3) is 5.91 Å². The Morgan fingerprint density at radius 2 is 2.23 bits per heavy atom. The lowest BCUT2D eigenvalue weighted by Gasteiger charge is -2.08. The summed E-state index contributed by atoms with van der Waals surface area (Å²) in [5, 5.41) is 0.621. The number of carbonyl (C=O) groups is 1. The zero-order chi connectivity index (χ0) is 10.0. The number of amides is 1. The zero-order valence-electron chi connectivity index (χ0n) is 8.13. The first-order chi connectivity index (χ1) is 6.06. The van der Waals surface area contributed by atoms with Gasteiger partial charge in [-0.25, -0.2) is 0 Å². The predicted octanol–water partition coefficient (Wildman–Crippen LogP) is 1.59. The van der Waals surface area contributed by atoms with Gasteiger partial charge in [0.15, 0.2) is 0 Å². The Hall–Kier alpha value is -1.03. The summed E-state index contributed by atoms with van der Waals surface area (Å²) in [4.78, 5) is 14.2. The Morgan fingerprint density at radius 3 is 2.62 bits per heavy atom. The average molecular weight is 198 g/mol. The van der Waals surface area contributed by atoms with E-state index in [1.807, 2.05) is 6.07 Å². The topological polar surface area (TPSA) is 46.3 Å². The van der Waals surface area contributed by atoms with Crippen LogP contribution >= 0.6 is 11.3 Å². The van der Waals surface area contributed by atoms with Gasteiger partial charge in [-0.15, -0.1) is 11.3 Å². The molecule has 0 aliphatic rings. The first-order valence-electron chi connectivity index (χ1n) is 4.16. The summed E-state index contributed by atoms with van der Waals surface area (Å²) in [6.45, 7) is 2.05. The van der Waals surface area contributed by atoms with E-state index in [1.165, 1.54) is 16.2 Å². The van der Waals surface area contributed by atoms with Gasteiger partial charge in [-0.05, 0) is 12.5 Å². The van der Waals surface area contributed by atoms with Crippen LogP contribution in [0.3, 0.4) is 0 Å². The molecule has 1 heterocycles. The Morgan fingerprint density at radius 1 is 1.62 bits per heavy atom. The molecule has 0 aromatic carbocycles. The van der Waals surface area contributed by atoms with E-state index in [9.17, 15) is 4.79 Å². The second-order valence-corrected chi connectivity index (χ2v) is 4.21. The molecular weight excluding hydrogens is 184 g/mol. The predicted molar refractivity (Wildman–Crippen MR) is 56.1 cm³/mol. The second kappa shape index (κ2) is 3.79. The van der Waals surface area contributed by atoms with E-state index in [-0.39, 0.29) is 5.91 Å². The molecule has 1 amide bonds. The maximum absolute atomic E-state index is 11.5. The first kappa shape index (κ1) is 10.1. The summed E-state index contributed by atoms with van der Waals surface area (Å²) < 4.78 is 0. The molecule has 3 nitrogen and oxygen atoms in total. The summed E-state index contributed by atoms with van der Waals surface area (Å²) in [5.74, 6) is -0.0200. The molecule has 2 N–H and O–H groups in total. The van der Waals surface area contributed by atoms with Gasteiger partial charge in [0.05, 0.1) is 10.6 Å². The smallest absolute Gasteiger partial charge is 0.256 e. The normalized spacial score (nSPS) is 10.1. The lowest BCUT2D eigenvalue weighted by Crippen LogP contribution is -2.21. The van der Waals surface area contributed by atoms with E-state index >= 15 is 0 Å². The average Bonchev–Trinajstić information content (AvgIpc) is 2.45. The molecule has 1 rings (SSSR count). The molecule has 1 aromatic heterocycles. The van der Waals surface area contributed by atoms with Crippen LogP contribution in [0.2, 0.25) is 0 Å². The molecule has 0 saturated carbocycles. The molecule has 72 valence electrons. The summed E-state index contributed by atoms with van der Waals surface area (Å²) in [7, 11) is 3.45. The maximum Gasteiger partial charge on any atom is 0.256 e. The van der Waals surface area contributed by atoms with Gasteiger partial charge in [-0.3, -0.25) is 4.79 Å². The van der Waals surface area contributed by atoms with E-state index in [1.54, 1.807) is 14.1 Å². The summed E-state index contributed by atoms with van der Waals surface area (Å²) in [5.41, 5.74) is 6.36. The minimum absolute atomic E-state index is 0.0200. The number of anilines is 1. The third-order valence-corrected chi connectivity index (χ3v) is 2.91. The highest BCUT2D eigenvalue weighted by Gasteiger charge is 2.14. The molecule has 4 heteroatoms. The van der Waals surface area contributed by atoms with Crippen molar-refractivity contribution >= 4 is 22.2 Å². The fourth-order valence-electron chi connectivity index (χ4n) is 1.04. The first-order valence-corrected chi connectivity index (χ1v) is 4.97. The fraction of sp³-hybridized carbons (Fsp3) is 0.444. The molecule has 0 saturated heterocycles. The highest BCUT2D eigenvalue weighted by atomic mass is 32.1. The van der Waals surface area contributed by atoms with Gasteiger partial charge in [-0.1, -0.05) is 6.92 Å². The van der Waals surface area contributed by atoms with Crippen molar-refractivity contribution in [1.82, 2.24) is 4.90 Å². The van der Waals surface area contributed by atoms with E-state index in [0.29, 0.717) is 10.6 Å². The van der Waals surface area contributed by atoms with Crippen LogP contribution in [-0.4, -0.2) is 24.9 Å². The lowest BCUT2D eigenvalue weighted by atomic mass is 10.2. The van der Waals surface area contributed by atoms with Crippen LogP contribution in [0.15, 0.2) is 6.07 Å². The van der Waals surface area contributed by atoms with Crippen molar-refractivity contribution in [1.29, 1.82) is 0 Å². The number of rotatable bonds is 2. The monoisotopic (exact) mass is 198 g/mol. The lowest BCUT2D eigenvalue weighted by molar-refractivity contribution is 0.0829. The van der Waals surface area contributed by atoms with Crippen molar-refractivity contribution in [2.75, 3.05) is 19.8 Å². The van der Waals surface area contributed by atoms with Crippen LogP contribution < -0.4 is 5.73 Å². The summed E-state index contributed by atoms with van der Waals surface area (Å²) in [6.07, 6.45) is 0.926. The van der Waals surface area contributed by atoms with Crippen LogP contribution in [0, 0.1) is 0 Å². The van der Waals surface area contributed by atoms with Crippen molar-refractivity contribution in [2.45, 2.75) is 13.3 Å². The molecule has 0 bridgehead atoms. The minimum Gasteiger partial charge on any atom is -0.390 e. The van der Waals surface area contributed by atoms with Crippen molar-refractivity contribution < 1.29 is 4.79 Å². The molecular formula is C9H14N2OS. The van der Waals surface area contributed by atoms with E-state index in [4.69, 9.17) is 5.73 Å². The zero-order valence-corrected chi connectivity index (χ0v) is 8.94. The maximum atomic E-state index is 11.5. The number of hydrogen-bond acceptors (Lipinski definition) is 3. The van der Waals surface area contributed by atoms with Crippen LogP contribution in [0.25, 0.3) is 0 Å². The minimum atomic E-state index is -0.0200. The highest BCUT2D eigenvalue weighted by molar-refractivity contribution is 7.16. The van der Waals surface area contributed by atoms with E-state index in [0.717, 1.165) is 11.3 Å². The number of aryl methyl sites for hydroxylation is 1. The Balaban J connectivity index is 3.00. The third kappa shape index (κ3) is 2.01. The number of thiophene rings is 1. The molecule has 0 atom stereocenters. The third-order valence-electron chi connectivity index (χ3n) is 1.80. The molecule has 0 aliphatic carbocycles. The highest BCUT2D eigenvalue weighted by Crippen LogP contribution is 2.25. The van der Waals surface area contributed by atoms with Crippen molar-refractivity contribution in [3.05, 3.63) is 16.5 Å². The summed E-state index contributed by atoms with van der Waals surface area (Å²) in [6, 6.07) is 1.88. The van der Waals surface area contributed by atoms with Crippen LogP contribution in [0.4, 0.5) is 5.00 Å². The van der Waals surface area contributed by atoms with Crippen LogP contribution in [0.1, 0.15) is 22.2 Å². The number of carbonyl (C=O) groups excluding carboxylic acids is 1. The number of nitrogen functional groups attached to an aromatic ring is 1. The standard InChI is InChI=1S/C9H14N2OS/c1-4-6-5-7(8(10)13-6)9(12)11(2)3/h5H,4,10H2,1-3H3. The summed E-state index contributed by atoms with van der Waals surface area (Å²) >= 11 is 1.49. The van der Waals surface area contributed by atoms with Gasteiger partial charge in [0.1, 0.15) is 0 Å². The molecule has 0 radical (unpaired) electrons. The van der Waals surface area contributed by atoms with Crippen LogP contribution in [0.5, 0.6) is 0 Å². The molecule has 1 aromatic rings. The second-order valence-electron chi connectivity index (χ2n) is 3.04. The van der Waals surface area contributed by atoms with Crippen molar-refractivity contribution in [2.24, 2.45) is 0 Å². The number of nitrogens with two attached hydrogens (primary N) is 1.